The van der Waals surface area contributed by atoms with Crippen LogP contribution in [0.5, 0.6) is 0 Å². The van der Waals surface area contributed by atoms with Crippen LogP contribution in [0.2, 0.25) is 5.02 Å². The first-order valence-corrected chi connectivity index (χ1v) is 8.78. The smallest absolute Gasteiger partial charge is 0.292 e. The van der Waals surface area contributed by atoms with Crippen molar-refractivity contribution in [2.45, 2.75) is 13.3 Å². The topological polar surface area (TPSA) is 82.8 Å². The molecule has 0 radical (unpaired) electrons. The molecule has 1 aromatic carbocycles. The average molecular weight is 385 g/mol. The van der Waals surface area contributed by atoms with Gasteiger partial charge in [0.1, 0.15) is 0 Å². The normalized spacial score (nSPS) is 13.6. The zero-order valence-corrected chi connectivity index (χ0v) is 15.6. The van der Waals surface area contributed by atoms with Crippen LogP contribution in [0.3, 0.4) is 0 Å². The first-order valence-electron chi connectivity index (χ1n) is 8.40. The molecule has 3 heterocycles. The van der Waals surface area contributed by atoms with Crippen LogP contribution in [-0.4, -0.2) is 45.0 Å². The highest BCUT2D eigenvalue weighted by atomic mass is 35.5. The molecule has 27 heavy (non-hydrogen) atoms. The van der Waals surface area contributed by atoms with Gasteiger partial charge in [0, 0.05) is 44.0 Å². The summed E-state index contributed by atoms with van der Waals surface area (Å²) in [6.45, 7) is 1.95. The molecule has 0 atom stereocenters. The van der Waals surface area contributed by atoms with E-state index in [1.807, 2.05) is 25.2 Å². The fourth-order valence-electron chi connectivity index (χ4n) is 3.27. The summed E-state index contributed by atoms with van der Waals surface area (Å²) in [5.41, 5.74) is 3.48. The lowest BCUT2D eigenvalue weighted by molar-refractivity contribution is -0.114. The second kappa shape index (κ2) is 6.55. The quantitative estimate of drug-likeness (QED) is 0.733. The molecule has 0 bridgehead atoms. The van der Waals surface area contributed by atoms with E-state index in [1.54, 1.807) is 22.3 Å². The predicted octanol–water partition coefficient (Wildman–Crippen LogP) is 2.39. The molecule has 0 aliphatic carbocycles. The van der Waals surface area contributed by atoms with E-state index in [0.717, 1.165) is 16.9 Å². The molecule has 2 aromatic heterocycles. The highest BCUT2D eigenvalue weighted by molar-refractivity contribution is 6.30. The molecule has 0 fully saturated rings. The molecule has 2 amide bonds. The van der Waals surface area contributed by atoms with Gasteiger partial charge in [0.05, 0.1) is 16.9 Å². The van der Waals surface area contributed by atoms with Crippen molar-refractivity contribution in [3.8, 4) is 0 Å². The SMILES string of the molecule is CC(=O)Nc1cccc2c1CCN(C(=O)c1cc3ncc(Cl)cn3n1)N2C. The van der Waals surface area contributed by atoms with E-state index < -0.39 is 0 Å². The van der Waals surface area contributed by atoms with E-state index in [4.69, 9.17) is 11.6 Å². The molecule has 0 saturated heterocycles. The van der Waals surface area contributed by atoms with Gasteiger partial charge in [0.2, 0.25) is 5.91 Å². The number of hydrogen-bond acceptors (Lipinski definition) is 5. The van der Waals surface area contributed by atoms with Crippen molar-refractivity contribution in [1.82, 2.24) is 19.6 Å². The maximum absolute atomic E-state index is 13.0. The number of aromatic nitrogens is 3. The number of fused-ring (bicyclic) bond motifs is 2. The molecule has 0 unspecified atom stereocenters. The van der Waals surface area contributed by atoms with Crippen LogP contribution in [0.1, 0.15) is 23.0 Å². The first-order chi connectivity index (χ1) is 12.9. The minimum atomic E-state index is -0.227. The highest BCUT2D eigenvalue weighted by Gasteiger charge is 2.29. The Balaban J connectivity index is 1.65. The van der Waals surface area contributed by atoms with Crippen LogP contribution in [0.4, 0.5) is 11.4 Å². The second-order valence-corrected chi connectivity index (χ2v) is 6.73. The maximum atomic E-state index is 13.0. The number of anilines is 2. The summed E-state index contributed by atoms with van der Waals surface area (Å²) in [5, 5.41) is 11.0. The predicted molar refractivity (Wildman–Crippen MR) is 102 cm³/mol. The number of carbonyl (C=O) groups is 2. The number of nitrogens with one attached hydrogen (secondary N) is 1. The van der Waals surface area contributed by atoms with Crippen molar-refractivity contribution in [2.75, 3.05) is 23.9 Å². The molecule has 1 N–H and O–H groups in total. The Morgan fingerprint density at radius 3 is 2.89 bits per heavy atom. The minimum absolute atomic E-state index is 0.125. The van der Waals surface area contributed by atoms with Crippen LogP contribution in [-0.2, 0) is 11.2 Å². The zero-order chi connectivity index (χ0) is 19.1. The van der Waals surface area contributed by atoms with Gasteiger partial charge in [0.15, 0.2) is 11.3 Å². The Morgan fingerprint density at radius 1 is 1.30 bits per heavy atom. The fraction of sp³-hybridized carbons (Fsp3) is 0.222. The molecular weight excluding hydrogens is 368 g/mol. The van der Waals surface area contributed by atoms with Gasteiger partial charge < -0.3 is 5.32 Å². The second-order valence-electron chi connectivity index (χ2n) is 6.29. The third-order valence-corrected chi connectivity index (χ3v) is 4.68. The van der Waals surface area contributed by atoms with Crippen LogP contribution < -0.4 is 10.3 Å². The third-order valence-electron chi connectivity index (χ3n) is 4.48. The van der Waals surface area contributed by atoms with Gasteiger partial charge in [-0.1, -0.05) is 17.7 Å². The summed E-state index contributed by atoms with van der Waals surface area (Å²) in [5.74, 6) is -0.352. The minimum Gasteiger partial charge on any atom is -0.326 e. The Hall–Kier alpha value is -3.13. The zero-order valence-electron chi connectivity index (χ0n) is 14.8. The van der Waals surface area contributed by atoms with Crippen LogP contribution in [0.25, 0.3) is 5.65 Å². The van der Waals surface area contributed by atoms with Gasteiger partial charge in [-0.3, -0.25) is 14.6 Å². The number of halogens is 1. The number of carbonyl (C=O) groups excluding carboxylic acids is 2. The lowest BCUT2D eigenvalue weighted by Crippen LogP contribution is -2.48. The summed E-state index contributed by atoms with van der Waals surface area (Å²) >= 11 is 5.93. The highest BCUT2D eigenvalue weighted by Crippen LogP contribution is 2.32. The van der Waals surface area contributed by atoms with Crippen molar-refractivity contribution in [3.63, 3.8) is 0 Å². The average Bonchev–Trinajstić information content (AvgIpc) is 3.05. The molecular formula is C18H17ClN6O2. The van der Waals surface area contributed by atoms with E-state index in [0.29, 0.717) is 23.6 Å². The van der Waals surface area contributed by atoms with E-state index in [2.05, 4.69) is 15.4 Å². The lowest BCUT2D eigenvalue weighted by atomic mass is 10.0. The molecule has 9 heteroatoms. The number of nitrogens with zero attached hydrogens (tertiary/aromatic N) is 5. The van der Waals surface area contributed by atoms with Crippen LogP contribution in [0, 0.1) is 0 Å². The summed E-state index contributed by atoms with van der Waals surface area (Å²) in [6.07, 6.45) is 3.74. The Kier molecular flexibility index (Phi) is 4.19. The van der Waals surface area contributed by atoms with Gasteiger partial charge in [-0.05, 0) is 18.6 Å². The fourth-order valence-corrected chi connectivity index (χ4v) is 3.41. The Labute approximate surface area is 160 Å². The van der Waals surface area contributed by atoms with Gasteiger partial charge in [0.25, 0.3) is 5.91 Å². The van der Waals surface area contributed by atoms with Crippen LogP contribution >= 0.6 is 11.6 Å². The van der Waals surface area contributed by atoms with Crippen molar-refractivity contribution >= 4 is 40.4 Å². The Morgan fingerprint density at radius 2 is 2.11 bits per heavy atom. The van der Waals surface area contributed by atoms with Gasteiger partial charge in [-0.15, -0.1) is 0 Å². The monoisotopic (exact) mass is 384 g/mol. The number of benzene rings is 1. The largest absolute Gasteiger partial charge is 0.326 e. The summed E-state index contributed by atoms with van der Waals surface area (Å²) < 4.78 is 1.49. The number of amides is 2. The lowest BCUT2D eigenvalue weighted by Gasteiger charge is -2.39. The van der Waals surface area contributed by atoms with E-state index in [-0.39, 0.29) is 17.5 Å². The van der Waals surface area contributed by atoms with Crippen molar-refractivity contribution < 1.29 is 9.59 Å². The summed E-state index contributed by atoms with van der Waals surface area (Å²) in [7, 11) is 1.82. The van der Waals surface area contributed by atoms with Crippen molar-refractivity contribution in [3.05, 3.63) is 52.9 Å². The van der Waals surface area contributed by atoms with Crippen molar-refractivity contribution in [2.24, 2.45) is 0 Å². The van der Waals surface area contributed by atoms with Crippen LogP contribution in [0.15, 0.2) is 36.7 Å². The summed E-state index contributed by atoms with van der Waals surface area (Å²) in [4.78, 5) is 28.6. The molecule has 0 saturated carbocycles. The number of hydrogen-bond donors (Lipinski definition) is 1. The molecule has 1 aliphatic rings. The van der Waals surface area contributed by atoms with Gasteiger partial charge in [-0.25, -0.2) is 14.5 Å². The Bertz CT molecular complexity index is 1060. The van der Waals surface area contributed by atoms with Gasteiger partial charge >= 0.3 is 0 Å². The molecule has 1 aliphatic heterocycles. The number of rotatable bonds is 2. The maximum Gasteiger partial charge on any atom is 0.292 e. The third kappa shape index (κ3) is 3.08. The molecule has 138 valence electrons. The van der Waals surface area contributed by atoms with E-state index >= 15 is 0 Å². The summed E-state index contributed by atoms with van der Waals surface area (Å²) in [6, 6.07) is 7.27. The number of hydrazine groups is 1. The molecule has 4 rings (SSSR count). The van der Waals surface area contributed by atoms with Crippen molar-refractivity contribution in [1.29, 1.82) is 0 Å². The molecule has 0 spiro atoms. The standard InChI is InChI=1S/C18H17ClN6O2/c1-11(26)21-14-4-3-5-16-13(14)6-7-25(23(16)2)18(27)15-8-17-20-9-12(19)10-24(17)22-15/h3-5,8-10H,6-7H2,1-2H3,(H,21,26). The first kappa shape index (κ1) is 17.3. The van der Waals surface area contributed by atoms with E-state index in [9.17, 15) is 9.59 Å². The van der Waals surface area contributed by atoms with E-state index in [1.165, 1.54) is 17.6 Å². The molecule has 3 aromatic rings. The van der Waals surface area contributed by atoms with Gasteiger partial charge in [-0.2, -0.15) is 5.10 Å². The molecule has 8 nitrogen and oxygen atoms in total.